The Morgan fingerprint density at radius 1 is 0.462 bits per heavy atom. The first-order chi connectivity index (χ1) is 25.8. The lowest BCUT2D eigenvalue weighted by molar-refractivity contribution is -0.682. The van der Waals surface area contributed by atoms with Gasteiger partial charge in [0.2, 0.25) is 0 Å². The number of aromatic nitrogens is 2. The maximum Gasteiger partial charge on any atom is 0.296 e. The second-order valence-electron chi connectivity index (χ2n) is 13.6. The van der Waals surface area contributed by atoms with Gasteiger partial charge in [0.1, 0.15) is 17.4 Å². The van der Waals surface area contributed by atoms with Gasteiger partial charge in [-0.2, -0.15) is 4.57 Å². The fourth-order valence-electron chi connectivity index (χ4n) is 8.73. The molecule has 244 valence electrons. The molecule has 11 rings (SSSR count). The van der Waals surface area contributed by atoms with Crippen molar-refractivity contribution in [3.05, 3.63) is 205 Å². The molecule has 0 amide bonds. The second kappa shape index (κ2) is 11.3. The van der Waals surface area contributed by atoms with Crippen LogP contribution < -0.4 is 14.4 Å². The van der Waals surface area contributed by atoms with E-state index in [0.29, 0.717) is 0 Å². The van der Waals surface area contributed by atoms with E-state index in [4.69, 9.17) is 0 Å². The van der Waals surface area contributed by atoms with Crippen molar-refractivity contribution < 1.29 is 4.57 Å². The summed E-state index contributed by atoms with van der Waals surface area (Å²) in [6.45, 7) is 0. The fourth-order valence-corrected chi connectivity index (χ4v) is 8.73. The van der Waals surface area contributed by atoms with E-state index in [1.807, 2.05) is 0 Å². The number of fused-ring (bicyclic) bond motifs is 8. The van der Waals surface area contributed by atoms with Gasteiger partial charge in [-0.25, -0.2) is 4.57 Å². The largest absolute Gasteiger partial charge is 0.310 e. The van der Waals surface area contributed by atoms with Gasteiger partial charge in [0.25, 0.3) is 5.65 Å². The highest BCUT2D eigenvalue weighted by Crippen LogP contribution is 2.55. The van der Waals surface area contributed by atoms with E-state index in [1.54, 1.807) is 0 Å². The van der Waals surface area contributed by atoms with Crippen molar-refractivity contribution >= 4 is 56.1 Å². The Kier molecular flexibility index (Phi) is 6.28. The minimum atomic E-state index is -0.0118. The van der Waals surface area contributed by atoms with Gasteiger partial charge in [0.05, 0.1) is 22.3 Å². The highest BCUT2D eigenvalue weighted by Gasteiger charge is 2.45. The van der Waals surface area contributed by atoms with Gasteiger partial charge in [0, 0.05) is 39.3 Å². The third-order valence-electron chi connectivity index (χ3n) is 10.8. The lowest BCUT2D eigenvalue weighted by atomic mass is 9.97. The maximum absolute atomic E-state index is 2.56. The summed E-state index contributed by atoms with van der Waals surface area (Å²) in [6.07, 6.45) is 2.38. The molecule has 1 aliphatic carbocycles. The molecule has 0 saturated carbocycles. The monoisotopic (exact) mass is 665 g/mol. The first-order valence-electron chi connectivity index (χ1n) is 17.9. The highest BCUT2D eigenvalue weighted by molar-refractivity contribution is 6.09. The molecule has 0 saturated heterocycles. The van der Waals surface area contributed by atoms with Crippen molar-refractivity contribution in [1.82, 2.24) is 4.57 Å². The molecule has 4 heteroatoms. The Morgan fingerprint density at radius 3 is 1.63 bits per heavy atom. The minimum absolute atomic E-state index is 0.0118. The van der Waals surface area contributed by atoms with E-state index in [0.717, 1.165) is 28.4 Å². The Hall–Kier alpha value is -6.91. The first kappa shape index (κ1) is 28.9. The van der Waals surface area contributed by atoms with Crippen LogP contribution in [-0.4, -0.2) is 4.57 Å². The number of benzene rings is 7. The zero-order valence-electron chi connectivity index (χ0n) is 28.3. The van der Waals surface area contributed by atoms with Crippen LogP contribution in [0.25, 0.3) is 38.8 Å². The fraction of sp³-hybridized carbons (Fsp3) is 0.0208. The first-order valence-corrected chi connectivity index (χ1v) is 17.9. The van der Waals surface area contributed by atoms with E-state index in [-0.39, 0.29) is 6.04 Å². The Bertz CT molecular complexity index is 2710. The zero-order valence-corrected chi connectivity index (χ0v) is 28.3. The molecule has 2 aliphatic rings. The molecule has 0 bridgehead atoms. The summed E-state index contributed by atoms with van der Waals surface area (Å²) in [7, 11) is 0. The molecule has 0 N–H and O–H groups in total. The standard InChI is InChI=1S/C48H33N4/c1-5-17-33(18-6-1)50(34-19-7-2-8-20-34)37-31-41-38-25-15-16-28-42(38)52-44-30-29-43(51(35-21-9-3-10-22-35)36-23-11-4-12-24-36)45-39-26-13-14-27-40(39)47(46(44)45)49(32-37)48(41)52/h1-32,47H/q+1. The van der Waals surface area contributed by atoms with E-state index in [2.05, 4.69) is 213 Å². The molecule has 4 nitrogen and oxygen atoms in total. The van der Waals surface area contributed by atoms with Crippen LogP contribution in [0.5, 0.6) is 0 Å². The number of nitrogens with zero attached hydrogens (tertiary/aromatic N) is 4. The molecule has 2 aromatic heterocycles. The molecule has 3 heterocycles. The van der Waals surface area contributed by atoms with Gasteiger partial charge in [-0.1, -0.05) is 109 Å². The normalized spacial score (nSPS) is 13.6. The van der Waals surface area contributed by atoms with Crippen molar-refractivity contribution in [2.24, 2.45) is 0 Å². The third kappa shape index (κ3) is 4.12. The number of hydrogen-bond acceptors (Lipinski definition) is 2. The molecule has 1 unspecified atom stereocenters. The summed E-state index contributed by atoms with van der Waals surface area (Å²) in [6, 6.07) is 67.9. The Morgan fingerprint density at radius 2 is 1.00 bits per heavy atom. The topological polar surface area (TPSA) is 15.3 Å². The van der Waals surface area contributed by atoms with Gasteiger partial charge in [-0.3, -0.25) is 0 Å². The van der Waals surface area contributed by atoms with E-state index >= 15 is 0 Å². The van der Waals surface area contributed by atoms with Gasteiger partial charge in [-0.15, -0.1) is 0 Å². The molecule has 7 aromatic carbocycles. The summed E-state index contributed by atoms with van der Waals surface area (Å²) in [4.78, 5) is 4.80. The number of anilines is 6. The summed E-state index contributed by atoms with van der Waals surface area (Å²) in [5.41, 5.74) is 15.7. The third-order valence-corrected chi connectivity index (χ3v) is 10.8. The summed E-state index contributed by atoms with van der Waals surface area (Å²) >= 11 is 0. The predicted octanol–water partition coefficient (Wildman–Crippen LogP) is 11.9. The SMILES string of the molecule is c1ccc(N(c2ccccc2)c2cc3c4ccccc4n4c3[n+](c2)C2c3ccccc3-c3c(N(c5ccccc5)c5ccccc5)ccc-4c32)cc1. The predicted molar refractivity (Wildman–Crippen MR) is 213 cm³/mol. The molecule has 0 radical (unpaired) electrons. The maximum atomic E-state index is 2.56. The van der Waals surface area contributed by atoms with E-state index in [9.17, 15) is 0 Å². The van der Waals surface area contributed by atoms with Crippen molar-refractivity contribution in [3.63, 3.8) is 0 Å². The summed E-state index contributed by atoms with van der Waals surface area (Å²) in [5, 5.41) is 2.48. The van der Waals surface area contributed by atoms with Crippen LogP contribution in [0.2, 0.25) is 0 Å². The molecular weight excluding hydrogens is 633 g/mol. The molecule has 1 atom stereocenters. The second-order valence-corrected chi connectivity index (χ2v) is 13.6. The lowest BCUT2D eigenvalue weighted by Gasteiger charge is -2.29. The average Bonchev–Trinajstić information content (AvgIpc) is 3.74. The van der Waals surface area contributed by atoms with Gasteiger partial charge in [0.15, 0.2) is 6.04 Å². The minimum Gasteiger partial charge on any atom is -0.310 e. The highest BCUT2D eigenvalue weighted by atomic mass is 15.2. The van der Waals surface area contributed by atoms with Crippen LogP contribution in [0.15, 0.2) is 194 Å². The van der Waals surface area contributed by atoms with Gasteiger partial charge in [-0.05, 0) is 84.4 Å². The van der Waals surface area contributed by atoms with Crippen LogP contribution in [0.4, 0.5) is 34.1 Å². The van der Waals surface area contributed by atoms with Crippen molar-refractivity contribution in [1.29, 1.82) is 0 Å². The molecule has 1 aliphatic heterocycles. The molecule has 9 aromatic rings. The van der Waals surface area contributed by atoms with Crippen molar-refractivity contribution in [2.75, 3.05) is 9.80 Å². The van der Waals surface area contributed by atoms with Crippen LogP contribution in [0.3, 0.4) is 0 Å². The molecule has 0 spiro atoms. The van der Waals surface area contributed by atoms with Gasteiger partial charge >= 0.3 is 0 Å². The van der Waals surface area contributed by atoms with Crippen molar-refractivity contribution in [2.45, 2.75) is 6.04 Å². The smallest absolute Gasteiger partial charge is 0.296 e. The summed E-state index contributed by atoms with van der Waals surface area (Å²) < 4.78 is 5.06. The molecular formula is C48H33N4+. The number of hydrogen-bond donors (Lipinski definition) is 0. The van der Waals surface area contributed by atoms with E-state index < -0.39 is 0 Å². The Balaban J connectivity index is 1.25. The van der Waals surface area contributed by atoms with Crippen LogP contribution in [-0.2, 0) is 0 Å². The number of para-hydroxylation sites is 5. The number of pyridine rings is 1. The van der Waals surface area contributed by atoms with E-state index in [1.165, 1.54) is 55.6 Å². The average molecular weight is 666 g/mol. The van der Waals surface area contributed by atoms with Crippen LogP contribution in [0.1, 0.15) is 17.2 Å². The lowest BCUT2D eigenvalue weighted by Crippen LogP contribution is -2.45. The van der Waals surface area contributed by atoms with Crippen LogP contribution >= 0.6 is 0 Å². The Labute approximate surface area is 302 Å². The van der Waals surface area contributed by atoms with Crippen molar-refractivity contribution in [3.8, 4) is 16.8 Å². The molecule has 52 heavy (non-hydrogen) atoms. The van der Waals surface area contributed by atoms with Gasteiger partial charge < -0.3 is 9.80 Å². The zero-order chi connectivity index (χ0) is 34.2. The number of rotatable bonds is 6. The quantitative estimate of drug-likeness (QED) is 0.164. The molecule has 0 fully saturated rings. The van der Waals surface area contributed by atoms with Crippen LogP contribution in [0, 0.1) is 0 Å². The summed E-state index contributed by atoms with van der Waals surface area (Å²) in [5.74, 6) is 0.